The first-order chi connectivity index (χ1) is 10.3. The molecule has 0 atom stereocenters. The Morgan fingerprint density at radius 1 is 1.24 bits per heavy atom. The molecule has 6 nitrogen and oxygen atoms in total. The highest BCUT2D eigenvalue weighted by atomic mass is 16.5. The largest absolute Gasteiger partial charge is 0.382 e. The smallest absolute Gasteiger partial charge is 0.253 e. The second kappa shape index (κ2) is 8.49. The zero-order valence-electron chi connectivity index (χ0n) is 12.4. The van der Waals surface area contributed by atoms with E-state index in [0.29, 0.717) is 31.9 Å². The SMILES string of the molecule is COCCOCCCNC(=O)c1cccc2c1NCCN2. The summed E-state index contributed by atoms with van der Waals surface area (Å²) in [7, 11) is 1.65. The van der Waals surface area contributed by atoms with Crippen LogP contribution in [-0.2, 0) is 9.47 Å². The van der Waals surface area contributed by atoms with Crippen molar-refractivity contribution in [3.05, 3.63) is 23.8 Å². The minimum atomic E-state index is -0.0556. The number of methoxy groups -OCH3 is 1. The number of amides is 1. The Kier molecular flexibility index (Phi) is 6.30. The lowest BCUT2D eigenvalue weighted by molar-refractivity contribution is 0.0688. The first kappa shape index (κ1) is 15.6. The van der Waals surface area contributed by atoms with Crippen molar-refractivity contribution >= 4 is 17.3 Å². The van der Waals surface area contributed by atoms with Gasteiger partial charge in [-0.25, -0.2) is 0 Å². The third-order valence-electron chi connectivity index (χ3n) is 3.23. The predicted octanol–water partition coefficient (Wildman–Crippen LogP) is 1.31. The highest BCUT2D eigenvalue weighted by Crippen LogP contribution is 2.28. The molecule has 1 amide bonds. The van der Waals surface area contributed by atoms with Gasteiger partial charge in [0.15, 0.2) is 0 Å². The van der Waals surface area contributed by atoms with Crippen LogP contribution >= 0.6 is 0 Å². The van der Waals surface area contributed by atoms with E-state index in [1.807, 2.05) is 18.2 Å². The molecule has 21 heavy (non-hydrogen) atoms. The Morgan fingerprint density at radius 3 is 2.95 bits per heavy atom. The summed E-state index contributed by atoms with van der Waals surface area (Å²) in [5.74, 6) is -0.0556. The molecule has 0 unspecified atom stereocenters. The lowest BCUT2D eigenvalue weighted by Crippen LogP contribution is -2.28. The lowest BCUT2D eigenvalue weighted by Gasteiger charge is -2.22. The number of hydrogen-bond acceptors (Lipinski definition) is 5. The third kappa shape index (κ3) is 4.61. The Balaban J connectivity index is 1.76. The minimum Gasteiger partial charge on any atom is -0.382 e. The summed E-state index contributed by atoms with van der Waals surface area (Å²) in [6, 6.07) is 5.70. The van der Waals surface area contributed by atoms with Crippen LogP contribution in [0.25, 0.3) is 0 Å². The molecule has 0 fully saturated rings. The fourth-order valence-electron chi connectivity index (χ4n) is 2.18. The van der Waals surface area contributed by atoms with Gasteiger partial charge in [-0.05, 0) is 18.6 Å². The van der Waals surface area contributed by atoms with Crippen molar-refractivity contribution in [3.8, 4) is 0 Å². The number of para-hydroxylation sites is 1. The van der Waals surface area contributed by atoms with Crippen LogP contribution < -0.4 is 16.0 Å². The topological polar surface area (TPSA) is 71.6 Å². The molecule has 1 aliphatic heterocycles. The van der Waals surface area contributed by atoms with Crippen molar-refractivity contribution in [2.24, 2.45) is 0 Å². The Morgan fingerprint density at radius 2 is 2.10 bits per heavy atom. The second-order valence-electron chi connectivity index (χ2n) is 4.80. The van der Waals surface area contributed by atoms with E-state index in [4.69, 9.17) is 9.47 Å². The van der Waals surface area contributed by atoms with Gasteiger partial charge in [-0.15, -0.1) is 0 Å². The van der Waals surface area contributed by atoms with Gasteiger partial charge in [0, 0.05) is 33.4 Å². The van der Waals surface area contributed by atoms with Crippen LogP contribution in [0.1, 0.15) is 16.8 Å². The van der Waals surface area contributed by atoms with Gasteiger partial charge in [-0.2, -0.15) is 0 Å². The average molecular weight is 293 g/mol. The molecule has 1 aliphatic rings. The first-order valence-corrected chi connectivity index (χ1v) is 7.28. The highest BCUT2D eigenvalue weighted by Gasteiger charge is 2.16. The summed E-state index contributed by atoms with van der Waals surface area (Å²) in [5.41, 5.74) is 2.55. The van der Waals surface area contributed by atoms with Crippen LogP contribution in [0.3, 0.4) is 0 Å². The van der Waals surface area contributed by atoms with Crippen LogP contribution in [0.15, 0.2) is 18.2 Å². The maximum Gasteiger partial charge on any atom is 0.253 e. The normalized spacial score (nSPS) is 13.0. The van der Waals surface area contributed by atoms with Crippen molar-refractivity contribution in [3.63, 3.8) is 0 Å². The van der Waals surface area contributed by atoms with Crippen molar-refractivity contribution < 1.29 is 14.3 Å². The average Bonchev–Trinajstić information content (AvgIpc) is 2.53. The Hall–Kier alpha value is -1.79. The van der Waals surface area contributed by atoms with Crippen LogP contribution in [-0.4, -0.2) is 52.5 Å². The van der Waals surface area contributed by atoms with Crippen molar-refractivity contribution in [1.29, 1.82) is 0 Å². The van der Waals surface area contributed by atoms with Gasteiger partial charge >= 0.3 is 0 Å². The number of nitrogens with one attached hydrogen (secondary N) is 3. The number of hydrogen-bond donors (Lipinski definition) is 3. The summed E-state index contributed by atoms with van der Waals surface area (Å²) in [4.78, 5) is 12.2. The molecule has 0 saturated heterocycles. The molecule has 1 aromatic rings. The second-order valence-corrected chi connectivity index (χ2v) is 4.80. The molecule has 2 rings (SSSR count). The fraction of sp³-hybridized carbons (Fsp3) is 0.533. The van der Waals surface area contributed by atoms with Gasteiger partial charge in [-0.3, -0.25) is 4.79 Å². The number of fused-ring (bicyclic) bond motifs is 1. The molecule has 0 radical (unpaired) electrons. The third-order valence-corrected chi connectivity index (χ3v) is 3.23. The van der Waals surface area contributed by atoms with E-state index < -0.39 is 0 Å². The molecule has 0 bridgehead atoms. The first-order valence-electron chi connectivity index (χ1n) is 7.28. The molecular formula is C15H23N3O3. The van der Waals surface area contributed by atoms with Crippen LogP contribution in [0.5, 0.6) is 0 Å². The summed E-state index contributed by atoms with van der Waals surface area (Å²) in [5, 5.41) is 9.48. The number of anilines is 2. The molecule has 1 heterocycles. The Bertz CT molecular complexity index is 465. The molecule has 3 N–H and O–H groups in total. The van der Waals surface area contributed by atoms with E-state index in [1.165, 1.54) is 0 Å². The van der Waals surface area contributed by atoms with Crippen molar-refractivity contribution in [2.75, 3.05) is 57.2 Å². The maximum absolute atomic E-state index is 12.2. The van der Waals surface area contributed by atoms with E-state index in [-0.39, 0.29) is 5.91 Å². The highest BCUT2D eigenvalue weighted by molar-refractivity contribution is 6.02. The molecular weight excluding hydrogens is 270 g/mol. The zero-order valence-corrected chi connectivity index (χ0v) is 12.4. The summed E-state index contributed by atoms with van der Waals surface area (Å²) >= 11 is 0. The van der Waals surface area contributed by atoms with Gasteiger partial charge in [0.05, 0.1) is 30.2 Å². The van der Waals surface area contributed by atoms with Gasteiger partial charge in [0.1, 0.15) is 0 Å². The summed E-state index contributed by atoms with van der Waals surface area (Å²) in [6.07, 6.45) is 0.788. The molecule has 0 spiro atoms. The fourth-order valence-corrected chi connectivity index (χ4v) is 2.18. The zero-order chi connectivity index (χ0) is 14.9. The number of rotatable bonds is 8. The van der Waals surface area contributed by atoms with E-state index >= 15 is 0 Å². The molecule has 0 aromatic heterocycles. The van der Waals surface area contributed by atoms with Gasteiger partial charge in [-0.1, -0.05) is 6.07 Å². The van der Waals surface area contributed by atoms with Crippen molar-refractivity contribution in [2.45, 2.75) is 6.42 Å². The monoisotopic (exact) mass is 293 g/mol. The molecule has 0 saturated carbocycles. The predicted molar refractivity (Wildman–Crippen MR) is 83.1 cm³/mol. The van der Waals surface area contributed by atoms with E-state index in [1.54, 1.807) is 7.11 Å². The van der Waals surface area contributed by atoms with E-state index in [2.05, 4.69) is 16.0 Å². The standard InChI is InChI=1S/C15H23N3O3/c1-20-10-11-21-9-3-6-18-15(19)12-4-2-5-13-14(12)17-8-7-16-13/h2,4-5,16-17H,3,6-11H2,1H3,(H,18,19). The molecule has 1 aromatic carbocycles. The van der Waals surface area contributed by atoms with Crippen LogP contribution in [0.2, 0.25) is 0 Å². The summed E-state index contributed by atoms with van der Waals surface area (Å²) < 4.78 is 10.2. The minimum absolute atomic E-state index is 0.0556. The number of carbonyl (C=O) groups is 1. The quantitative estimate of drug-likeness (QED) is 0.630. The Labute approximate surface area is 125 Å². The summed E-state index contributed by atoms with van der Waals surface area (Å²) in [6.45, 7) is 4.11. The number of benzene rings is 1. The lowest BCUT2D eigenvalue weighted by atomic mass is 10.1. The van der Waals surface area contributed by atoms with Crippen LogP contribution in [0, 0.1) is 0 Å². The number of ether oxygens (including phenoxy) is 2. The van der Waals surface area contributed by atoms with Gasteiger partial charge < -0.3 is 25.4 Å². The molecule has 116 valence electrons. The van der Waals surface area contributed by atoms with Crippen LogP contribution in [0.4, 0.5) is 11.4 Å². The van der Waals surface area contributed by atoms with E-state index in [0.717, 1.165) is 30.9 Å². The molecule has 0 aliphatic carbocycles. The molecule has 6 heteroatoms. The number of carbonyl (C=O) groups excluding carboxylic acids is 1. The van der Waals surface area contributed by atoms with Gasteiger partial charge in [0.25, 0.3) is 5.91 Å². The van der Waals surface area contributed by atoms with E-state index in [9.17, 15) is 4.79 Å². The maximum atomic E-state index is 12.2. The van der Waals surface area contributed by atoms with Crippen molar-refractivity contribution in [1.82, 2.24) is 5.32 Å². The van der Waals surface area contributed by atoms with Gasteiger partial charge in [0.2, 0.25) is 0 Å².